The molecule has 1 atom stereocenters. The van der Waals surface area contributed by atoms with Gasteiger partial charge >= 0.3 is 6.18 Å². The van der Waals surface area contributed by atoms with E-state index in [2.05, 4.69) is 17.5 Å². The lowest BCUT2D eigenvalue weighted by molar-refractivity contribution is -0.166. The Labute approximate surface area is 109 Å². The van der Waals surface area contributed by atoms with E-state index in [-0.39, 0.29) is 12.5 Å². The molecule has 18 heavy (non-hydrogen) atoms. The van der Waals surface area contributed by atoms with Crippen molar-refractivity contribution in [2.24, 2.45) is 11.7 Å². The minimum Gasteiger partial charge on any atom is -0.393 e. The molecule has 0 aromatic carbocycles. The van der Waals surface area contributed by atoms with Gasteiger partial charge in [-0.05, 0) is 13.8 Å². The zero-order valence-corrected chi connectivity index (χ0v) is 11.0. The van der Waals surface area contributed by atoms with Crippen molar-refractivity contribution in [1.29, 1.82) is 0 Å². The first-order valence-electron chi connectivity index (χ1n) is 5.46. The quantitative estimate of drug-likeness (QED) is 0.747. The van der Waals surface area contributed by atoms with Crippen LogP contribution in [0.25, 0.3) is 0 Å². The molecule has 0 aromatic heterocycles. The van der Waals surface area contributed by atoms with Crippen molar-refractivity contribution in [3.63, 3.8) is 0 Å². The number of alkyl halides is 3. The maximum absolute atomic E-state index is 12.8. The average Bonchev–Trinajstić information content (AvgIpc) is 2.17. The van der Waals surface area contributed by atoms with E-state index in [1.807, 2.05) is 0 Å². The molecule has 1 fully saturated rings. The first kappa shape index (κ1) is 15.2. The summed E-state index contributed by atoms with van der Waals surface area (Å²) in [5, 5.41) is 2.62. The summed E-state index contributed by atoms with van der Waals surface area (Å²) < 4.78 is 38.3. The highest BCUT2D eigenvalue weighted by Gasteiger charge is 2.46. The Morgan fingerprint density at radius 3 is 2.61 bits per heavy atom. The Kier molecular flexibility index (Phi) is 4.22. The summed E-state index contributed by atoms with van der Waals surface area (Å²) in [5.74, 6) is -2.18. The van der Waals surface area contributed by atoms with Gasteiger partial charge in [-0.3, -0.25) is 9.69 Å². The molecule has 0 radical (unpaired) electrons. The van der Waals surface area contributed by atoms with Crippen molar-refractivity contribution in [3.8, 4) is 0 Å². The Bertz CT molecular complexity index is 357. The van der Waals surface area contributed by atoms with Crippen LogP contribution in [0.3, 0.4) is 0 Å². The number of carbonyl (C=O) groups is 1. The summed E-state index contributed by atoms with van der Waals surface area (Å²) in [7, 11) is 0. The van der Waals surface area contributed by atoms with Crippen molar-refractivity contribution >= 4 is 23.1 Å². The second-order valence-corrected chi connectivity index (χ2v) is 5.23. The fourth-order valence-electron chi connectivity index (χ4n) is 1.84. The second-order valence-electron chi connectivity index (χ2n) is 4.76. The molecule has 1 saturated heterocycles. The van der Waals surface area contributed by atoms with Gasteiger partial charge in [0.15, 0.2) is 0 Å². The van der Waals surface area contributed by atoms with Crippen LogP contribution in [0, 0.1) is 5.92 Å². The van der Waals surface area contributed by atoms with Crippen LogP contribution in [0.15, 0.2) is 0 Å². The van der Waals surface area contributed by atoms with Gasteiger partial charge in [-0.1, -0.05) is 12.2 Å². The van der Waals surface area contributed by atoms with Crippen LogP contribution in [-0.2, 0) is 4.79 Å². The van der Waals surface area contributed by atoms with Gasteiger partial charge in [0.25, 0.3) is 0 Å². The molecular formula is C10H16F3N3OS. The van der Waals surface area contributed by atoms with E-state index >= 15 is 0 Å². The van der Waals surface area contributed by atoms with Gasteiger partial charge in [0, 0.05) is 19.6 Å². The number of amides is 1. The van der Waals surface area contributed by atoms with E-state index in [0.29, 0.717) is 13.1 Å². The molecule has 0 bridgehead atoms. The molecule has 0 saturated carbocycles. The van der Waals surface area contributed by atoms with Gasteiger partial charge in [-0.25, -0.2) is 0 Å². The molecule has 1 aliphatic heterocycles. The van der Waals surface area contributed by atoms with Crippen LogP contribution in [0.2, 0.25) is 0 Å². The monoisotopic (exact) mass is 283 g/mol. The fraction of sp³-hybridized carbons (Fsp3) is 0.800. The van der Waals surface area contributed by atoms with E-state index in [9.17, 15) is 18.0 Å². The number of hydrogen-bond donors (Lipinski definition) is 2. The highest BCUT2D eigenvalue weighted by molar-refractivity contribution is 7.80. The van der Waals surface area contributed by atoms with Crippen molar-refractivity contribution in [2.75, 3.05) is 19.6 Å². The summed E-state index contributed by atoms with van der Waals surface area (Å²) in [4.78, 5) is 12.5. The molecule has 0 aromatic rings. The van der Waals surface area contributed by atoms with Crippen molar-refractivity contribution < 1.29 is 18.0 Å². The number of nitrogens with one attached hydrogen (secondary N) is 1. The zero-order valence-electron chi connectivity index (χ0n) is 10.2. The minimum absolute atomic E-state index is 0.294. The Morgan fingerprint density at radius 1 is 1.61 bits per heavy atom. The first-order valence-corrected chi connectivity index (χ1v) is 5.87. The highest BCUT2D eigenvalue weighted by Crippen LogP contribution is 2.30. The van der Waals surface area contributed by atoms with E-state index < -0.39 is 22.6 Å². The predicted molar refractivity (Wildman–Crippen MR) is 65.0 cm³/mol. The van der Waals surface area contributed by atoms with E-state index in [1.54, 1.807) is 13.8 Å². The van der Waals surface area contributed by atoms with Gasteiger partial charge in [0.05, 0.1) is 10.5 Å². The van der Waals surface area contributed by atoms with E-state index in [1.165, 1.54) is 4.90 Å². The molecule has 1 aliphatic rings. The summed E-state index contributed by atoms with van der Waals surface area (Å²) in [5.41, 5.74) is 4.15. The van der Waals surface area contributed by atoms with Crippen LogP contribution < -0.4 is 11.1 Å². The average molecular weight is 283 g/mol. The molecule has 0 aliphatic carbocycles. The number of hydrogen-bond acceptors (Lipinski definition) is 3. The van der Waals surface area contributed by atoms with Gasteiger partial charge in [-0.2, -0.15) is 13.2 Å². The molecule has 104 valence electrons. The molecule has 1 amide bonds. The normalized spacial score (nSPS) is 22.4. The van der Waals surface area contributed by atoms with Crippen LogP contribution in [0.4, 0.5) is 13.2 Å². The SMILES string of the molecule is CC1(C)C(=O)NCCN1CC(C(N)=S)C(F)(F)F. The number of carbonyl (C=O) groups excluding carboxylic acids is 1. The topological polar surface area (TPSA) is 58.4 Å². The smallest absolute Gasteiger partial charge is 0.393 e. The van der Waals surface area contributed by atoms with Gasteiger partial charge in [-0.15, -0.1) is 0 Å². The van der Waals surface area contributed by atoms with Gasteiger partial charge in [0.1, 0.15) is 5.92 Å². The molecule has 0 spiro atoms. The summed E-state index contributed by atoms with van der Waals surface area (Å²) in [6.45, 7) is 3.43. The molecule has 1 heterocycles. The maximum atomic E-state index is 12.8. The number of halogens is 3. The maximum Gasteiger partial charge on any atom is 0.399 e. The third kappa shape index (κ3) is 3.11. The Morgan fingerprint density at radius 2 is 2.17 bits per heavy atom. The number of nitrogens with zero attached hydrogens (tertiary/aromatic N) is 1. The third-order valence-electron chi connectivity index (χ3n) is 3.16. The molecule has 3 N–H and O–H groups in total. The van der Waals surface area contributed by atoms with Crippen LogP contribution in [0.1, 0.15) is 13.8 Å². The standard InChI is InChI=1S/C10H16F3N3OS/c1-9(2)8(17)15-3-4-16(9)5-6(7(14)18)10(11,12)13/h6H,3-5H2,1-2H3,(H2,14,18)(H,15,17). The number of piperazine rings is 1. The molecule has 4 nitrogen and oxygen atoms in total. The molecule has 1 rings (SSSR count). The zero-order chi connectivity index (χ0) is 14.1. The fourth-order valence-corrected chi connectivity index (χ4v) is 2.05. The largest absolute Gasteiger partial charge is 0.399 e. The summed E-state index contributed by atoms with van der Waals surface area (Å²) in [6.07, 6.45) is -4.49. The lowest BCUT2D eigenvalue weighted by atomic mass is 9.96. The third-order valence-corrected chi connectivity index (χ3v) is 3.44. The molecule has 8 heteroatoms. The minimum atomic E-state index is -4.49. The second kappa shape index (κ2) is 5.00. The van der Waals surface area contributed by atoms with Crippen LogP contribution >= 0.6 is 12.2 Å². The Hall–Kier alpha value is -0.890. The highest BCUT2D eigenvalue weighted by atomic mass is 32.1. The number of rotatable bonds is 3. The predicted octanol–water partition coefficient (Wildman–Crippen LogP) is 0.661. The lowest BCUT2D eigenvalue weighted by Gasteiger charge is -2.42. The lowest BCUT2D eigenvalue weighted by Crippen LogP contribution is -2.63. The van der Waals surface area contributed by atoms with E-state index in [4.69, 9.17) is 5.73 Å². The number of nitrogens with two attached hydrogens (primary N) is 1. The van der Waals surface area contributed by atoms with E-state index in [0.717, 1.165) is 0 Å². The first-order chi connectivity index (χ1) is 8.06. The van der Waals surface area contributed by atoms with Crippen molar-refractivity contribution in [3.05, 3.63) is 0 Å². The van der Waals surface area contributed by atoms with Crippen LogP contribution in [0.5, 0.6) is 0 Å². The van der Waals surface area contributed by atoms with Crippen molar-refractivity contribution in [2.45, 2.75) is 25.6 Å². The van der Waals surface area contributed by atoms with Gasteiger partial charge in [0.2, 0.25) is 5.91 Å². The molecule has 1 unspecified atom stereocenters. The van der Waals surface area contributed by atoms with Gasteiger partial charge < -0.3 is 11.1 Å². The molecular weight excluding hydrogens is 267 g/mol. The summed E-state index contributed by atoms with van der Waals surface area (Å²) >= 11 is 4.47. The number of thiocarbonyl (C=S) groups is 1. The van der Waals surface area contributed by atoms with Crippen molar-refractivity contribution in [1.82, 2.24) is 10.2 Å². The Balaban J connectivity index is 2.87. The van der Waals surface area contributed by atoms with Crippen LogP contribution in [-0.4, -0.2) is 47.1 Å². The summed E-state index contributed by atoms with van der Waals surface area (Å²) in [6, 6.07) is 0.